The van der Waals surface area contributed by atoms with Gasteiger partial charge in [0.1, 0.15) is 0 Å². The Kier molecular flexibility index (Phi) is 23.4. The molecule has 0 bridgehead atoms. The van der Waals surface area contributed by atoms with Crippen LogP contribution in [0.15, 0.2) is 425 Å². The third-order valence-electron chi connectivity index (χ3n) is 32.7. The van der Waals surface area contributed by atoms with Crippen molar-refractivity contribution in [1.82, 2.24) is 0 Å². The molecule has 0 amide bonds. The Morgan fingerprint density at radius 3 is 0.713 bits per heavy atom. The van der Waals surface area contributed by atoms with E-state index in [-0.39, 0.29) is 0 Å². The molecule has 0 spiro atoms. The van der Waals surface area contributed by atoms with E-state index in [1.54, 1.807) is 0 Å². The molecule has 0 aromatic heterocycles. The lowest BCUT2D eigenvalue weighted by atomic mass is 9.85. The van der Waals surface area contributed by atoms with Gasteiger partial charge in [0.25, 0.3) is 0 Å². The number of rotatable bonds is 5. The molecule has 0 unspecified atom stereocenters. The average Bonchev–Trinajstić information content (AvgIpc) is 0.741. The van der Waals surface area contributed by atoms with E-state index in [1.807, 2.05) is 0 Å². The predicted molar refractivity (Wildman–Crippen MR) is 630 cm³/mol. The van der Waals surface area contributed by atoms with Crippen LogP contribution in [0.3, 0.4) is 0 Å². The minimum Gasteiger partial charge on any atom is -0.344 e. The molecule has 20 aromatic rings. The summed E-state index contributed by atoms with van der Waals surface area (Å²) in [5.74, 6) is 0. The molecular formula is C140H120N10. The summed E-state index contributed by atoms with van der Waals surface area (Å²) in [4.78, 5) is 24.0. The van der Waals surface area contributed by atoms with Crippen LogP contribution >= 0.6 is 0 Å². The van der Waals surface area contributed by atoms with Crippen LogP contribution in [-0.4, -0.2) is 35.2 Å². The first-order valence-electron chi connectivity index (χ1n) is 53.1. The summed E-state index contributed by atoms with van der Waals surface area (Å²) in [5.41, 5.74) is 66.8. The molecular weight excluding hydrogens is 1820 g/mol. The van der Waals surface area contributed by atoms with Gasteiger partial charge < -0.3 is 49.0 Å². The lowest BCUT2D eigenvalue weighted by Gasteiger charge is -2.39. The molecule has 10 aliphatic heterocycles. The quantitative estimate of drug-likeness (QED) is 0.166. The smallest absolute Gasteiger partial charge is 0.0553 e. The molecule has 30 rings (SSSR count). The zero-order valence-corrected chi connectivity index (χ0v) is 87.0. The lowest BCUT2D eigenvalue weighted by molar-refractivity contribution is 0.992. The van der Waals surface area contributed by atoms with Gasteiger partial charge in [-0.15, -0.1) is 0 Å². The molecule has 20 aromatic carbocycles. The molecule has 10 nitrogen and oxygen atoms in total. The molecule has 0 fully saturated rings. The van der Waals surface area contributed by atoms with Crippen molar-refractivity contribution in [3.63, 3.8) is 0 Å². The van der Waals surface area contributed by atoms with E-state index in [0.717, 1.165) is 64.2 Å². The zero-order chi connectivity index (χ0) is 101. The summed E-state index contributed by atoms with van der Waals surface area (Å²) in [6.07, 6.45) is 9.79. The standard InChI is InChI=1S/5C28H24N2/c1-19-11-14-23(15-12-19)30-26-10-6-4-7-20(26)17-22-13-16-27-24(28(22)30)18-21-8-3-5-9-25(21)29(27)2;1-19-11-14-23(15-12-19)30-26-10-6-4-8-21(26)18-24-27(30)16-13-22-17-20-7-3-5-9-25(20)29(2)28(22)24;1-19-11-13-24(14-12-19)30-26-10-6-4-8-21(26)16-23-17-27-22(18-28(23)30)15-20-7-3-5-9-25(20)29(27)2;1-19-11-13-24(14-12-19)30-26-10-6-4-8-21(26)16-23-17-22-15-20-7-3-5-9-25(20)29(2)27(22)18-28(23)30;1-19-11-13-22(14-12-19)30-26-10-6-4-8-21(26)18-24-23-17-20-7-3-5-9-25(20)29(2)27(23)15-16-28(24)30/h2*3-16H,17-18H2,1-2H3;2*3-14,17-18H,15-16H2,1-2H3;3-16H,17-18H2,1-2H3. The largest absolute Gasteiger partial charge is 0.344 e. The van der Waals surface area contributed by atoms with Crippen LogP contribution < -0.4 is 49.0 Å². The SMILES string of the molecule is Cc1ccc(N2c3ccccc3Cc3c2ccc2c3Cc3ccccc3N2C)cc1.Cc1ccc(N2c3ccccc3Cc3c2ccc2c3N(C)c3ccccc3C2)cc1.Cc1ccc(N2c3ccccc3Cc3cc4c(cc32)Cc2ccccc2N4C)cc1.Cc1ccc(N2c3ccccc3Cc3cc4c(cc32)N(C)c2ccccc2C4)cc1.Cc1ccc(N2c3ccccc3Cc3ccc4c(c32)Cc2ccccc2N4C)cc1. The van der Waals surface area contributed by atoms with Gasteiger partial charge in [-0.1, -0.05) is 289 Å². The summed E-state index contributed by atoms with van der Waals surface area (Å²) in [7, 11) is 11.0. The summed E-state index contributed by atoms with van der Waals surface area (Å²) in [6.45, 7) is 10.7. The highest BCUT2D eigenvalue weighted by atomic mass is 15.2. The Hall–Kier alpha value is -17.6. The number of benzene rings is 20. The minimum absolute atomic E-state index is 0.962. The van der Waals surface area contributed by atoms with Gasteiger partial charge in [-0.2, -0.15) is 0 Å². The Balaban J connectivity index is 0.0000000945. The first-order chi connectivity index (χ1) is 73.5. The topological polar surface area (TPSA) is 32.4 Å². The zero-order valence-electron chi connectivity index (χ0n) is 87.0. The minimum atomic E-state index is 0.962. The normalized spacial score (nSPS) is 13.9. The lowest BCUT2D eigenvalue weighted by Crippen LogP contribution is -2.25. The maximum atomic E-state index is 2.48. The van der Waals surface area contributed by atoms with Gasteiger partial charge in [-0.3, -0.25) is 0 Å². The first-order valence-corrected chi connectivity index (χ1v) is 53.1. The average molecular weight is 1940 g/mol. The van der Waals surface area contributed by atoms with Crippen molar-refractivity contribution >= 4 is 142 Å². The maximum Gasteiger partial charge on any atom is 0.0553 e. The van der Waals surface area contributed by atoms with Gasteiger partial charge in [0, 0.05) is 219 Å². The highest BCUT2D eigenvalue weighted by Gasteiger charge is 2.39. The first kappa shape index (κ1) is 92.3. The van der Waals surface area contributed by atoms with Crippen molar-refractivity contribution in [2.45, 2.75) is 98.8 Å². The van der Waals surface area contributed by atoms with Crippen LogP contribution in [0.4, 0.5) is 142 Å². The van der Waals surface area contributed by atoms with Crippen molar-refractivity contribution < 1.29 is 0 Å². The second kappa shape index (κ2) is 38.0. The van der Waals surface area contributed by atoms with E-state index < -0.39 is 0 Å². The molecule has 0 atom stereocenters. The summed E-state index contributed by atoms with van der Waals surface area (Å²) in [5, 5.41) is 0. The highest BCUT2D eigenvalue weighted by Crippen LogP contribution is 2.58. The van der Waals surface area contributed by atoms with E-state index >= 15 is 0 Å². The van der Waals surface area contributed by atoms with Crippen LogP contribution in [0.1, 0.15) is 139 Å². The number of aryl methyl sites for hydroxylation is 5. The van der Waals surface area contributed by atoms with Crippen molar-refractivity contribution in [3.8, 4) is 0 Å². The third kappa shape index (κ3) is 16.4. The number of hydrogen-bond donors (Lipinski definition) is 0. The van der Waals surface area contributed by atoms with E-state index in [0.29, 0.717) is 0 Å². The van der Waals surface area contributed by atoms with Crippen LogP contribution in [0, 0.1) is 34.6 Å². The number of nitrogens with zero attached hydrogens (tertiary/aromatic N) is 10. The molecule has 0 aliphatic carbocycles. The molecule has 0 radical (unpaired) electrons. The van der Waals surface area contributed by atoms with Crippen molar-refractivity contribution in [1.29, 1.82) is 0 Å². The summed E-state index contributed by atoms with van der Waals surface area (Å²) >= 11 is 0. The fourth-order valence-corrected chi connectivity index (χ4v) is 25.2. The van der Waals surface area contributed by atoms with E-state index in [1.165, 1.54) is 281 Å². The molecule has 0 saturated carbocycles. The number of hydrogen-bond acceptors (Lipinski definition) is 10. The maximum absolute atomic E-state index is 2.48. The van der Waals surface area contributed by atoms with Gasteiger partial charge >= 0.3 is 0 Å². The fraction of sp³-hybridized carbons (Fsp3) is 0.143. The number of para-hydroxylation sites is 10. The van der Waals surface area contributed by atoms with E-state index in [2.05, 4.69) is 544 Å². The molecule has 10 heteroatoms. The summed E-state index contributed by atoms with van der Waals surface area (Å²) in [6, 6.07) is 156. The Morgan fingerprint density at radius 1 is 0.127 bits per heavy atom. The second-order valence-electron chi connectivity index (χ2n) is 42.1. The Bertz CT molecular complexity index is 8530. The van der Waals surface area contributed by atoms with Crippen LogP contribution in [0.2, 0.25) is 0 Å². The Morgan fingerprint density at radius 2 is 0.333 bits per heavy atom. The fourth-order valence-electron chi connectivity index (χ4n) is 25.2. The Labute approximate surface area is 882 Å². The van der Waals surface area contributed by atoms with Crippen molar-refractivity contribution in [3.05, 3.63) is 564 Å². The number of anilines is 25. The van der Waals surface area contributed by atoms with Gasteiger partial charge in [0.05, 0.1) is 34.1 Å². The highest BCUT2D eigenvalue weighted by molar-refractivity contribution is 5.97. The van der Waals surface area contributed by atoms with Gasteiger partial charge in [-0.05, 0) is 299 Å². The second-order valence-corrected chi connectivity index (χ2v) is 42.1. The van der Waals surface area contributed by atoms with Gasteiger partial charge in [0.15, 0.2) is 0 Å². The number of fused-ring (bicyclic) bond motifs is 23. The van der Waals surface area contributed by atoms with Gasteiger partial charge in [-0.25, -0.2) is 0 Å². The van der Waals surface area contributed by atoms with Gasteiger partial charge in [0.2, 0.25) is 0 Å². The third-order valence-corrected chi connectivity index (χ3v) is 32.7. The molecule has 0 N–H and O–H groups in total. The predicted octanol–water partition coefficient (Wildman–Crippen LogP) is 35.2. The molecule has 10 heterocycles. The van der Waals surface area contributed by atoms with Crippen LogP contribution in [-0.2, 0) is 64.2 Å². The van der Waals surface area contributed by atoms with E-state index in [9.17, 15) is 0 Å². The summed E-state index contributed by atoms with van der Waals surface area (Å²) < 4.78 is 0. The van der Waals surface area contributed by atoms with Crippen molar-refractivity contribution in [2.75, 3.05) is 84.2 Å². The van der Waals surface area contributed by atoms with Crippen molar-refractivity contribution in [2.24, 2.45) is 0 Å². The monoisotopic (exact) mass is 1940 g/mol. The van der Waals surface area contributed by atoms with Crippen LogP contribution in [0.25, 0.3) is 0 Å². The molecule has 730 valence electrons. The van der Waals surface area contributed by atoms with E-state index in [4.69, 9.17) is 0 Å². The van der Waals surface area contributed by atoms with Crippen LogP contribution in [0.5, 0.6) is 0 Å². The molecule has 150 heavy (non-hydrogen) atoms. The molecule has 10 aliphatic rings. The molecule has 0 saturated heterocycles.